The second-order valence-corrected chi connectivity index (χ2v) is 7.81. The zero-order chi connectivity index (χ0) is 21.2. The van der Waals surface area contributed by atoms with E-state index in [1.165, 1.54) is 6.42 Å². The summed E-state index contributed by atoms with van der Waals surface area (Å²) >= 11 is 0. The zero-order valence-corrected chi connectivity index (χ0v) is 16.3. The SMILES string of the molecule is C[C@H]1CCCN(CC(=O)N2CCN(c3ccc(C(F)(F)F)cc3[N+](=O)[O-])CC2)C1. The van der Waals surface area contributed by atoms with Crippen molar-refractivity contribution in [3.63, 3.8) is 0 Å². The molecule has 10 heteroatoms. The van der Waals surface area contributed by atoms with Crippen LogP contribution in [0.4, 0.5) is 24.5 Å². The maximum absolute atomic E-state index is 12.9. The molecule has 2 aliphatic rings. The number of amides is 1. The Morgan fingerprint density at radius 2 is 1.90 bits per heavy atom. The van der Waals surface area contributed by atoms with E-state index in [4.69, 9.17) is 0 Å². The monoisotopic (exact) mass is 414 g/mol. The highest BCUT2D eigenvalue weighted by Gasteiger charge is 2.34. The Labute approximate surface area is 167 Å². The fourth-order valence-corrected chi connectivity index (χ4v) is 4.03. The molecule has 0 saturated carbocycles. The number of nitrogens with zero attached hydrogens (tertiary/aromatic N) is 4. The molecule has 2 heterocycles. The molecule has 2 fully saturated rings. The number of carbonyl (C=O) groups is 1. The lowest BCUT2D eigenvalue weighted by Gasteiger charge is -2.37. The van der Waals surface area contributed by atoms with Crippen LogP contribution in [0.5, 0.6) is 0 Å². The van der Waals surface area contributed by atoms with Gasteiger partial charge < -0.3 is 9.80 Å². The Morgan fingerprint density at radius 3 is 2.48 bits per heavy atom. The van der Waals surface area contributed by atoms with Crippen LogP contribution in [-0.2, 0) is 11.0 Å². The highest BCUT2D eigenvalue weighted by Crippen LogP contribution is 2.36. The molecule has 0 spiro atoms. The van der Waals surface area contributed by atoms with Gasteiger partial charge in [0.1, 0.15) is 5.69 Å². The fourth-order valence-electron chi connectivity index (χ4n) is 4.03. The Morgan fingerprint density at radius 1 is 1.21 bits per heavy atom. The molecule has 3 rings (SSSR count). The van der Waals surface area contributed by atoms with Crippen molar-refractivity contribution < 1.29 is 22.9 Å². The number of benzene rings is 1. The molecular formula is C19H25F3N4O3. The van der Waals surface area contributed by atoms with Gasteiger partial charge in [-0.05, 0) is 37.4 Å². The van der Waals surface area contributed by atoms with Gasteiger partial charge in [0.2, 0.25) is 5.91 Å². The molecule has 29 heavy (non-hydrogen) atoms. The second-order valence-electron chi connectivity index (χ2n) is 7.81. The molecule has 0 aromatic heterocycles. The first-order chi connectivity index (χ1) is 13.6. The second kappa shape index (κ2) is 8.56. The van der Waals surface area contributed by atoms with Crippen molar-refractivity contribution in [1.82, 2.24) is 9.80 Å². The van der Waals surface area contributed by atoms with Gasteiger partial charge in [-0.2, -0.15) is 13.2 Å². The number of carbonyl (C=O) groups excluding carboxylic acids is 1. The van der Waals surface area contributed by atoms with E-state index in [1.807, 2.05) is 0 Å². The van der Waals surface area contributed by atoms with Gasteiger partial charge in [0.15, 0.2) is 0 Å². The van der Waals surface area contributed by atoms with Crippen LogP contribution >= 0.6 is 0 Å². The van der Waals surface area contributed by atoms with E-state index in [2.05, 4.69) is 11.8 Å². The highest BCUT2D eigenvalue weighted by atomic mass is 19.4. The number of alkyl halides is 3. The molecule has 7 nitrogen and oxygen atoms in total. The third-order valence-corrected chi connectivity index (χ3v) is 5.57. The number of hydrogen-bond acceptors (Lipinski definition) is 5. The molecule has 0 unspecified atom stereocenters. The van der Waals surface area contributed by atoms with E-state index in [0.717, 1.165) is 31.6 Å². The Hall–Kier alpha value is -2.36. The zero-order valence-electron chi connectivity index (χ0n) is 16.3. The van der Waals surface area contributed by atoms with Crippen LogP contribution < -0.4 is 4.90 Å². The molecular weight excluding hydrogens is 389 g/mol. The summed E-state index contributed by atoms with van der Waals surface area (Å²) in [6.07, 6.45) is -2.38. The van der Waals surface area contributed by atoms with Gasteiger partial charge >= 0.3 is 6.18 Å². The molecule has 1 aromatic carbocycles. The smallest absolute Gasteiger partial charge is 0.362 e. The maximum atomic E-state index is 12.9. The third-order valence-electron chi connectivity index (χ3n) is 5.57. The molecule has 2 aliphatic heterocycles. The van der Waals surface area contributed by atoms with Gasteiger partial charge in [-0.25, -0.2) is 0 Å². The summed E-state index contributed by atoms with van der Waals surface area (Å²) in [6, 6.07) is 2.58. The predicted molar refractivity (Wildman–Crippen MR) is 102 cm³/mol. The molecule has 0 N–H and O–H groups in total. The van der Waals surface area contributed by atoms with E-state index in [1.54, 1.807) is 9.80 Å². The summed E-state index contributed by atoms with van der Waals surface area (Å²) in [4.78, 5) is 28.6. The number of nitro groups is 1. The summed E-state index contributed by atoms with van der Waals surface area (Å²) in [5, 5.41) is 11.3. The number of likely N-dealkylation sites (tertiary alicyclic amines) is 1. The average Bonchev–Trinajstić information content (AvgIpc) is 2.67. The van der Waals surface area contributed by atoms with Gasteiger partial charge in [-0.3, -0.25) is 19.8 Å². The first-order valence-electron chi connectivity index (χ1n) is 9.76. The molecule has 2 saturated heterocycles. The molecule has 1 aromatic rings. The van der Waals surface area contributed by atoms with Crippen molar-refractivity contribution in [1.29, 1.82) is 0 Å². The lowest BCUT2D eigenvalue weighted by Crippen LogP contribution is -2.52. The lowest BCUT2D eigenvalue weighted by molar-refractivity contribution is -0.384. The van der Waals surface area contributed by atoms with Crippen molar-refractivity contribution in [2.24, 2.45) is 5.92 Å². The van der Waals surface area contributed by atoms with Gasteiger partial charge in [-0.1, -0.05) is 6.92 Å². The van der Waals surface area contributed by atoms with Crippen molar-refractivity contribution in [3.05, 3.63) is 33.9 Å². The van der Waals surface area contributed by atoms with Crippen molar-refractivity contribution in [3.8, 4) is 0 Å². The Kier molecular flexibility index (Phi) is 6.30. The summed E-state index contributed by atoms with van der Waals surface area (Å²) < 4.78 is 38.6. The number of hydrogen-bond donors (Lipinski definition) is 0. The van der Waals surface area contributed by atoms with Gasteiger partial charge in [0.25, 0.3) is 5.69 Å². The normalized spacial score (nSPS) is 21.3. The molecule has 0 bridgehead atoms. The van der Waals surface area contributed by atoms with Crippen molar-refractivity contribution in [2.75, 3.05) is 50.7 Å². The fraction of sp³-hybridized carbons (Fsp3) is 0.632. The van der Waals surface area contributed by atoms with E-state index in [0.29, 0.717) is 44.7 Å². The average molecular weight is 414 g/mol. The molecule has 0 aliphatic carbocycles. The first-order valence-corrected chi connectivity index (χ1v) is 9.76. The number of nitro benzene ring substituents is 1. The first kappa shape index (κ1) is 21.4. The van der Waals surface area contributed by atoms with Crippen LogP contribution in [0.15, 0.2) is 18.2 Å². The van der Waals surface area contributed by atoms with E-state index in [9.17, 15) is 28.1 Å². The van der Waals surface area contributed by atoms with Gasteiger partial charge in [-0.15, -0.1) is 0 Å². The third kappa shape index (κ3) is 5.17. The minimum absolute atomic E-state index is 0.0284. The summed E-state index contributed by atoms with van der Waals surface area (Å²) in [7, 11) is 0. The molecule has 1 amide bonds. The number of rotatable bonds is 4. The predicted octanol–water partition coefficient (Wildman–Crippen LogP) is 2.99. The number of piperidine rings is 1. The summed E-state index contributed by atoms with van der Waals surface area (Å²) in [5.74, 6) is 0.606. The van der Waals surface area contributed by atoms with Crippen LogP contribution in [0.1, 0.15) is 25.3 Å². The Bertz CT molecular complexity index is 764. The largest absolute Gasteiger partial charge is 0.416 e. The van der Waals surface area contributed by atoms with Crippen LogP contribution in [0.25, 0.3) is 0 Å². The van der Waals surface area contributed by atoms with Crippen LogP contribution in [-0.4, -0.2) is 66.4 Å². The Balaban J connectivity index is 1.63. The van der Waals surface area contributed by atoms with Crippen LogP contribution in [0, 0.1) is 16.0 Å². The topological polar surface area (TPSA) is 69.9 Å². The lowest BCUT2D eigenvalue weighted by atomic mass is 10.0. The molecule has 0 radical (unpaired) electrons. The van der Waals surface area contributed by atoms with Gasteiger partial charge in [0.05, 0.1) is 17.0 Å². The summed E-state index contributed by atoms with van der Waals surface area (Å²) in [6.45, 7) is 5.82. The molecule has 160 valence electrons. The minimum Gasteiger partial charge on any atom is -0.362 e. The van der Waals surface area contributed by atoms with Crippen molar-refractivity contribution >= 4 is 17.3 Å². The van der Waals surface area contributed by atoms with Crippen LogP contribution in [0.3, 0.4) is 0 Å². The quantitative estimate of drug-likeness (QED) is 0.560. The van der Waals surface area contributed by atoms with E-state index in [-0.39, 0.29) is 11.6 Å². The number of anilines is 1. The molecule has 1 atom stereocenters. The van der Waals surface area contributed by atoms with Crippen molar-refractivity contribution in [2.45, 2.75) is 25.9 Å². The number of halogens is 3. The standard InChI is InChI=1S/C19H25F3N4O3/c1-14-3-2-6-23(12-14)13-18(27)25-9-7-24(8-10-25)16-5-4-15(19(20,21)22)11-17(16)26(28)29/h4-5,11,14H,2-3,6-10,12-13H2,1H3/t14-/m0/s1. The van der Waals surface area contributed by atoms with Crippen LogP contribution in [0.2, 0.25) is 0 Å². The van der Waals surface area contributed by atoms with E-state index >= 15 is 0 Å². The minimum atomic E-state index is -4.64. The van der Waals surface area contributed by atoms with Gasteiger partial charge in [0, 0.05) is 38.8 Å². The number of piperazine rings is 1. The highest BCUT2D eigenvalue weighted by molar-refractivity contribution is 5.78. The summed E-state index contributed by atoms with van der Waals surface area (Å²) in [5.41, 5.74) is -1.46. The van der Waals surface area contributed by atoms with E-state index < -0.39 is 22.4 Å². The maximum Gasteiger partial charge on any atom is 0.416 e.